The first-order chi connectivity index (χ1) is 11.7. The van der Waals surface area contributed by atoms with Crippen LogP contribution in [0, 0.1) is 0 Å². The van der Waals surface area contributed by atoms with Gasteiger partial charge >= 0.3 is 0 Å². The summed E-state index contributed by atoms with van der Waals surface area (Å²) in [6.45, 7) is 2.17. The van der Waals surface area contributed by atoms with E-state index in [4.69, 9.17) is 5.73 Å². The molecule has 1 aliphatic heterocycles. The van der Waals surface area contributed by atoms with Crippen LogP contribution < -0.4 is 11.1 Å². The standard InChI is InChI=1S/C19H20N4O.H2O/c20-19(24)17-5-1-3-15-12-23(22-18(15)17)16-8-6-13(7-9-16)14-4-2-10-21-11-14;/h1,3,5-9,12,14,21H,2,4,10-11H2,(H2,20,24);1H2/t14-;/m1./s1. The molecule has 1 saturated heterocycles. The average molecular weight is 338 g/mol. The Hall–Kier alpha value is -2.70. The average Bonchev–Trinajstić information content (AvgIpc) is 3.06. The topological polar surface area (TPSA) is 104 Å². The van der Waals surface area contributed by atoms with Crippen LogP contribution in [0.25, 0.3) is 16.6 Å². The van der Waals surface area contributed by atoms with Gasteiger partial charge in [-0.1, -0.05) is 24.3 Å². The highest BCUT2D eigenvalue weighted by atomic mass is 16.1. The number of amides is 1. The maximum Gasteiger partial charge on any atom is 0.250 e. The van der Waals surface area contributed by atoms with Crippen LogP contribution in [0.1, 0.15) is 34.7 Å². The minimum atomic E-state index is -0.453. The largest absolute Gasteiger partial charge is 0.412 e. The van der Waals surface area contributed by atoms with Gasteiger partial charge in [0.2, 0.25) is 0 Å². The molecular weight excluding hydrogens is 316 g/mol. The number of hydrogen-bond donors (Lipinski definition) is 2. The Morgan fingerprint density at radius 2 is 2.00 bits per heavy atom. The first-order valence-corrected chi connectivity index (χ1v) is 8.31. The highest BCUT2D eigenvalue weighted by Crippen LogP contribution is 2.25. The molecule has 0 unspecified atom stereocenters. The van der Waals surface area contributed by atoms with Crippen molar-refractivity contribution < 1.29 is 10.3 Å². The fourth-order valence-electron chi connectivity index (χ4n) is 3.41. The van der Waals surface area contributed by atoms with Crippen LogP contribution in [0.4, 0.5) is 0 Å². The second-order valence-corrected chi connectivity index (χ2v) is 6.32. The molecule has 2 aromatic carbocycles. The third kappa shape index (κ3) is 3.26. The summed E-state index contributed by atoms with van der Waals surface area (Å²) in [5, 5.41) is 8.91. The molecule has 1 fully saturated rings. The van der Waals surface area contributed by atoms with Crippen molar-refractivity contribution >= 4 is 16.8 Å². The molecule has 4 rings (SSSR count). The second kappa shape index (κ2) is 7.04. The number of aromatic nitrogens is 2. The van der Waals surface area contributed by atoms with Gasteiger partial charge < -0.3 is 16.5 Å². The minimum Gasteiger partial charge on any atom is -0.412 e. The molecule has 3 aromatic rings. The van der Waals surface area contributed by atoms with Gasteiger partial charge in [0.05, 0.1) is 11.3 Å². The number of hydrogen-bond acceptors (Lipinski definition) is 3. The monoisotopic (exact) mass is 338 g/mol. The van der Waals surface area contributed by atoms with Crippen molar-refractivity contribution in [1.82, 2.24) is 15.1 Å². The Morgan fingerprint density at radius 1 is 1.20 bits per heavy atom. The predicted molar refractivity (Wildman–Crippen MR) is 98.0 cm³/mol. The third-order valence-corrected chi connectivity index (χ3v) is 4.73. The van der Waals surface area contributed by atoms with E-state index in [0.29, 0.717) is 17.0 Å². The van der Waals surface area contributed by atoms with Crippen molar-refractivity contribution in [3.8, 4) is 5.69 Å². The van der Waals surface area contributed by atoms with Gasteiger partial charge in [-0.05, 0) is 49.1 Å². The van der Waals surface area contributed by atoms with Gasteiger partial charge in [0.15, 0.2) is 0 Å². The summed E-state index contributed by atoms with van der Waals surface area (Å²) in [7, 11) is 0. The van der Waals surface area contributed by atoms with Crippen molar-refractivity contribution in [3.05, 3.63) is 59.8 Å². The van der Waals surface area contributed by atoms with Gasteiger partial charge in [0.1, 0.15) is 5.52 Å². The van der Waals surface area contributed by atoms with Crippen LogP contribution in [-0.2, 0) is 0 Å². The molecule has 0 spiro atoms. The lowest BCUT2D eigenvalue weighted by molar-refractivity contribution is 0.100. The number of nitrogens with two attached hydrogens (primary N) is 1. The number of rotatable bonds is 3. The lowest BCUT2D eigenvalue weighted by Gasteiger charge is -2.23. The van der Waals surface area contributed by atoms with Crippen LogP contribution in [0.15, 0.2) is 48.7 Å². The molecule has 25 heavy (non-hydrogen) atoms. The van der Waals surface area contributed by atoms with Crippen molar-refractivity contribution in [3.63, 3.8) is 0 Å². The van der Waals surface area contributed by atoms with E-state index in [9.17, 15) is 4.79 Å². The van der Waals surface area contributed by atoms with Gasteiger partial charge in [-0.15, -0.1) is 0 Å². The number of carbonyl (C=O) groups excluding carboxylic acids is 1. The van der Waals surface area contributed by atoms with Crippen LogP contribution in [-0.4, -0.2) is 34.3 Å². The zero-order valence-corrected chi connectivity index (χ0v) is 13.9. The molecule has 1 aliphatic rings. The van der Waals surface area contributed by atoms with E-state index in [1.54, 1.807) is 10.7 Å². The van der Waals surface area contributed by atoms with Gasteiger partial charge in [-0.3, -0.25) is 4.79 Å². The van der Waals surface area contributed by atoms with E-state index in [2.05, 4.69) is 34.7 Å². The number of nitrogens with one attached hydrogen (secondary N) is 1. The Labute approximate surface area is 145 Å². The number of benzene rings is 2. The number of fused-ring (bicyclic) bond motifs is 1. The molecule has 6 nitrogen and oxygen atoms in total. The molecule has 5 N–H and O–H groups in total. The summed E-state index contributed by atoms with van der Waals surface area (Å²) >= 11 is 0. The van der Waals surface area contributed by atoms with Crippen LogP contribution in [0.2, 0.25) is 0 Å². The summed E-state index contributed by atoms with van der Waals surface area (Å²) < 4.78 is 1.81. The molecule has 1 amide bonds. The van der Waals surface area contributed by atoms with E-state index in [0.717, 1.165) is 24.2 Å². The Morgan fingerprint density at radius 3 is 2.68 bits per heavy atom. The summed E-state index contributed by atoms with van der Waals surface area (Å²) in [6, 6.07) is 14.0. The van der Waals surface area contributed by atoms with Crippen molar-refractivity contribution in [1.29, 1.82) is 0 Å². The molecule has 130 valence electrons. The van der Waals surface area contributed by atoms with Gasteiger partial charge in [-0.2, -0.15) is 5.10 Å². The maximum absolute atomic E-state index is 11.5. The number of nitrogens with zero attached hydrogens (tertiary/aromatic N) is 2. The van der Waals surface area contributed by atoms with Crippen LogP contribution >= 0.6 is 0 Å². The Balaban J connectivity index is 0.00000182. The molecular formula is C19H22N4O2. The highest BCUT2D eigenvalue weighted by molar-refractivity contribution is 6.04. The lowest BCUT2D eigenvalue weighted by atomic mass is 9.92. The van der Waals surface area contributed by atoms with Crippen molar-refractivity contribution in [2.75, 3.05) is 13.1 Å². The first-order valence-electron chi connectivity index (χ1n) is 8.31. The van der Waals surface area contributed by atoms with E-state index in [1.807, 2.05) is 18.3 Å². The molecule has 0 aliphatic carbocycles. The zero-order chi connectivity index (χ0) is 16.5. The summed E-state index contributed by atoms with van der Waals surface area (Å²) in [6.07, 6.45) is 4.39. The zero-order valence-electron chi connectivity index (χ0n) is 13.9. The Bertz CT molecular complexity index is 880. The summed E-state index contributed by atoms with van der Waals surface area (Å²) in [5.41, 5.74) is 8.88. The molecule has 0 saturated carbocycles. The molecule has 6 heteroatoms. The van der Waals surface area contributed by atoms with Crippen molar-refractivity contribution in [2.45, 2.75) is 18.8 Å². The minimum absolute atomic E-state index is 0. The van der Waals surface area contributed by atoms with Gasteiger partial charge in [0, 0.05) is 18.1 Å². The van der Waals surface area contributed by atoms with E-state index in [-0.39, 0.29) is 5.48 Å². The lowest BCUT2D eigenvalue weighted by Crippen LogP contribution is -2.28. The fourth-order valence-corrected chi connectivity index (χ4v) is 3.41. The third-order valence-electron chi connectivity index (χ3n) is 4.73. The summed E-state index contributed by atoms with van der Waals surface area (Å²) in [4.78, 5) is 11.5. The molecule has 2 heterocycles. The first kappa shape index (κ1) is 17.1. The fraction of sp³-hybridized carbons (Fsp3) is 0.263. The van der Waals surface area contributed by atoms with E-state index >= 15 is 0 Å². The number of primary amides is 1. The van der Waals surface area contributed by atoms with Gasteiger partial charge in [-0.25, -0.2) is 4.68 Å². The van der Waals surface area contributed by atoms with E-state index in [1.165, 1.54) is 18.4 Å². The second-order valence-electron chi connectivity index (χ2n) is 6.32. The van der Waals surface area contributed by atoms with Gasteiger partial charge in [0.25, 0.3) is 5.91 Å². The van der Waals surface area contributed by atoms with Crippen molar-refractivity contribution in [2.24, 2.45) is 5.73 Å². The molecule has 1 aromatic heterocycles. The number of piperidine rings is 1. The maximum atomic E-state index is 11.5. The molecule has 1 atom stereocenters. The van der Waals surface area contributed by atoms with Crippen LogP contribution in [0.5, 0.6) is 0 Å². The number of carbonyl (C=O) groups is 1. The SMILES string of the molecule is NC(=O)c1cccc2cn(-c3ccc([C@@H]4CCCNC4)cc3)nc12.O. The Kier molecular flexibility index (Phi) is 4.83. The van der Waals surface area contributed by atoms with Crippen LogP contribution in [0.3, 0.4) is 0 Å². The highest BCUT2D eigenvalue weighted by Gasteiger charge is 2.15. The van der Waals surface area contributed by atoms with E-state index < -0.39 is 5.91 Å². The smallest absolute Gasteiger partial charge is 0.250 e. The molecule has 0 bridgehead atoms. The normalized spacial score (nSPS) is 17.2. The molecule has 0 radical (unpaired) electrons. The quantitative estimate of drug-likeness (QED) is 0.760. The predicted octanol–water partition coefficient (Wildman–Crippen LogP) is 1.77. The summed E-state index contributed by atoms with van der Waals surface area (Å²) in [5.74, 6) is 0.136.